The average Bonchev–Trinajstić information content (AvgIpc) is 2.81. The molecule has 102 valence electrons. The Bertz CT molecular complexity index is 552. The van der Waals surface area contributed by atoms with Gasteiger partial charge in [0, 0.05) is 13.1 Å². The van der Waals surface area contributed by atoms with E-state index in [2.05, 4.69) is 28.9 Å². The molecule has 0 unspecified atom stereocenters. The highest BCUT2D eigenvalue weighted by molar-refractivity contribution is 7.71. The Balaban J connectivity index is 2.44. The van der Waals surface area contributed by atoms with Crippen molar-refractivity contribution < 1.29 is 0 Å². The molecule has 0 aliphatic heterocycles. The number of hydrogen-bond acceptors (Lipinski definition) is 3. The summed E-state index contributed by atoms with van der Waals surface area (Å²) in [5, 5.41) is 7.31. The summed E-state index contributed by atoms with van der Waals surface area (Å²) in [5.41, 5.74) is 1.05. The average molecular weight is 276 g/mol. The van der Waals surface area contributed by atoms with Gasteiger partial charge in [-0.2, -0.15) is 0 Å². The molecule has 0 bridgehead atoms. The number of para-hydroxylation sites is 1. The number of aromatic nitrogens is 3. The van der Waals surface area contributed by atoms with Gasteiger partial charge in [0.1, 0.15) is 0 Å². The Morgan fingerprint density at radius 2 is 1.79 bits per heavy atom. The molecule has 2 aromatic rings. The smallest absolute Gasteiger partial charge is 0.230 e. The minimum Gasteiger partial charge on any atom is -0.341 e. The lowest BCUT2D eigenvalue weighted by atomic mass is 10.3. The van der Waals surface area contributed by atoms with Gasteiger partial charge in [0.05, 0.1) is 5.69 Å². The molecule has 5 heteroatoms. The number of nitrogens with one attached hydrogen (secondary N) is 1. The lowest BCUT2D eigenvalue weighted by Crippen LogP contribution is -2.27. The van der Waals surface area contributed by atoms with Crippen molar-refractivity contribution in [3.8, 4) is 5.69 Å². The van der Waals surface area contributed by atoms with Crippen molar-refractivity contribution in [1.82, 2.24) is 14.8 Å². The van der Waals surface area contributed by atoms with Crippen molar-refractivity contribution in [2.75, 3.05) is 18.0 Å². The molecule has 0 aliphatic carbocycles. The SMILES string of the molecule is CCCN(CCC)c1n[nH]c(=S)n1-c1ccccc1. The van der Waals surface area contributed by atoms with E-state index >= 15 is 0 Å². The van der Waals surface area contributed by atoms with Crippen molar-refractivity contribution in [3.05, 3.63) is 35.1 Å². The molecule has 1 heterocycles. The molecule has 0 atom stereocenters. The van der Waals surface area contributed by atoms with Crippen LogP contribution in [0.15, 0.2) is 30.3 Å². The first-order valence-electron chi connectivity index (χ1n) is 6.75. The number of H-pyrrole nitrogens is 1. The van der Waals surface area contributed by atoms with E-state index in [0.29, 0.717) is 4.77 Å². The van der Waals surface area contributed by atoms with Crippen molar-refractivity contribution in [2.45, 2.75) is 26.7 Å². The van der Waals surface area contributed by atoms with Gasteiger partial charge in [-0.3, -0.25) is 4.57 Å². The summed E-state index contributed by atoms with van der Waals surface area (Å²) in [4.78, 5) is 2.28. The fourth-order valence-corrected chi connectivity index (χ4v) is 2.39. The molecule has 1 N–H and O–H groups in total. The van der Waals surface area contributed by atoms with Crippen LogP contribution in [0.2, 0.25) is 0 Å². The van der Waals surface area contributed by atoms with E-state index in [-0.39, 0.29) is 0 Å². The Morgan fingerprint density at radius 3 is 2.37 bits per heavy atom. The molecule has 1 aromatic heterocycles. The first-order chi connectivity index (χ1) is 9.27. The number of hydrogen-bond donors (Lipinski definition) is 1. The molecule has 2 rings (SSSR count). The summed E-state index contributed by atoms with van der Waals surface area (Å²) in [6.07, 6.45) is 2.18. The van der Waals surface area contributed by atoms with Crippen molar-refractivity contribution in [1.29, 1.82) is 0 Å². The zero-order valence-corrected chi connectivity index (χ0v) is 12.3. The Kier molecular flexibility index (Phi) is 4.74. The maximum atomic E-state index is 5.36. The summed E-state index contributed by atoms with van der Waals surface area (Å²) in [6, 6.07) is 10.1. The first-order valence-corrected chi connectivity index (χ1v) is 7.16. The molecule has 0 radical (unpaired) electrons. The van der Waals surface area contributed by atoms with Gasteiger partial charge in [0.2, 0.25) is 10.7 Å². The van der Waals surface area contributed by atoms with Gasteiger partial charge in [-0.15, -0.1) is 5.10 Å². The highest BCUT2D eigenvalue weighted by atomic mass is 32.1. The monoisotopic (exact) mass is 276 g/mol. The maximum absolute atomic E-state index is 5.36. The van der Waals surface area contributed by atoms with Crippen LogP contribution in [0.1, 0.15) is 26.7 Å². The van der Waals surface area contributed by atoms with Crippen molar-refractivity contribution >= 4 is 18.2 Å². The second-order valence-electron chi connectivity index (χ2n) is 4.49. The minimum absolute atomic E-state index is 0.637. The van der Waals surface area contributed by atoms with Gasteiger partial charge in [-0.25, -0.2) is 5.10 Å². The van der Waals surface area contributed by atoms with Crippen LogP contribution in [-0.4, -0.2) is 27.9 Å². The zero-order chi connectivity index (χ0) is 13.7. The molecule has 0 fully saturated rings. The van der Waals surface area contributed by atoms with E-state index < -0.39 is 0 Å². The largest absolute Gasteiger partial charge is 0.341 e. The quantitative estimate of drug-likeness (QED) is 0.820. The normalized spacial score (nSPS) is 10.6. The molecular weight excluding hydrogens is 256 g/mol. The van der Waals surface area contributed by atoms with Crippen LogP contribution in [-0.2, 0) is 0 Å². The van der Waals surface area contributed by atoms with Crippen LogP contribution >= 0.6 is 12.2 Å². The predicted molar refractivity (Wildman–Crippen MR) is 81.5 cm³/mol. The van der Waals surface area contributed by atoms with E-state index in [1.54, 1.807) is 0 Å². The van der Waals surface area contributed by atoms with E-state index in [4.69, 9.17) is 12.2 Å². The molecule has 0 amide bonds. The van der Waals surface area contributed by atoms with Crippen LogP contribution in [0.4, 0.5) is 5.95 Å². The Hall–Kier alpha value is -1.62. The summed E-state index contributed by atoms with van der Waals surface area (Å²) >= 11 is 5.36. The highest BCUT2D eigenvalue weighted by Gasteiger charge is 2.14. The fourth-order valence-electron chi connectivity index (χ4n) is 2.16. The number of anilines is 1. The van der Waals surface area contributed by atoms with Gasteiger partial charge < -0.3 is 4.90 Å². The minimum atomic E-state index is 0.637. The predicted octanol–water partition coefficient (Wildman–Crippen LogP) is 3.56. The first kappa shape index (κ1) is 13.8. The summed E-state index contributed by atoms with van der Waals surface area (Å²) < 4.78 is 2.64. The molecule has 0 saturated carbocycles. The van der Waals surface area contributed by atoms with Crippen LogP contribution < -0.4 is 4.90 Å². The second-order valence-corrected chi connectivity index (χ2v) is 4.87. The molecule has 1 aromatic carbocycles. The van der Waals surface area contributed by atoms with Crippen molar-refractivity contribution in [3.63, 3.8) is 0 Å². The number of nitrogens with zero attached hydrogens (tertiary/aromatic N) is 3. The van der Waals surface area contributed by atoms with Crippen LogP contribution in [0.3, 0.4) is 0 Å². The van der Waals surface area contributed by atoms with Crippen LogP contribution in [0.25, 0.3) is 5.69 Å². The van der Waals surface area contributed by atoms with E-state index in [1.165, 1.54) is 0 Å². The van der Waals surface area contributed by atoms with Gasteiger partial charge >= 0.3 is 0 Å². The third kappa shape index (κ3) is 3.04. The van der Waals surface area contributed by atoms with Gasteiger partial charge in [-0.1, -0.05) is 32.0 Å². The summed E-state index contributed by atoms with van der Waals surface area (Å²) in [6.45, 7) is 6.33. The van der Waals surface area contributed by atoms with Gasteiger partial charge in [0.25, 0.3) is 0 Å². The molecule has 4 nitrogen and oxygen atoms in total. The molecule has 0 spiro atoms. The van der Waals surface area contributed by atoms with E-state index in [1.807, 2.05) is 34.9 Å². The molecule has 19 heavy (non-hydrogen) atoms. The zero-order valence-electron chi connectivity index (χ0n) is 11.5. The number of benzene rings is 1. The third-order valence-electron chi connectivity index (χ3n) is 2.94. The lowest BCUT2D eigenvalue weighted by Gasteiger charge is -2.22. The standard InChI is InChI=1S/C14H20N4S/c1-3-10-17(11-4-2)13-15-16-14(19)18(13)12-8-6-5-7-9-12/h5-9H,3-4,10-11H2,1-2H3,(H,16,19). The summed E-state index contributed by atoms with van der Waals surface area (Å²) in [5.74, 6) is 0.903. The van der Waals surface area contributed by atoms with Crippen LogP contribution in [0.5, 0.6) is 0 Å². The van der Waals surface area contributed by atoms with E-state index in [9.17, 15) is 0 Å². The van der Waals surface area contributed by atoms with Crippen molar-refractivity contribution in [2.24, 2.45) is 0 Å². The second kappa shape index (κ2) is 6.52. The fraction of sp³-hybridized carbons (Fsp3) is 0.429. The molecule has 0 saturated heterocycles. The molecular formula is C14H20N4S. The van der Waals surface area contributed by atoms with Gasteiger partial charge in [0.15, 0.2) is 0 Å². The lowest BCUT2D eigenvalue weighted by molar-refractivity contribution is 0.712. The highest BCUT2D eigenvalue weighted by Crippen LogP contribution is 2.18. The van der Waals surface area contributed by atoms with Gasteiger partial charge in [-0.05, 0) is 37.2 Å². The molecule has 0 aliphatic rings. The van der Waals surface area contributed by atoms with E-state index in [0.717, 1.165) is 37.6 Å². The number of aromatic amines is 1. The van der Waals surface area contributed by atoms with Crippen LogP contribution in [0, 0.1) is 4.77 Å². The Labute approximate surface area is 119 Å². The number of rotatable bonds is 6. The Morgan fingerprint density at radius 1 is 1.16 bits per heavy atom. The third-order valence-corrected chi connectivity index (χ3v) is 3.21. The topological polar surface area (TPSA) is 36.9 Å². The summed E-state index contributed by atoms with van der Waals surface area (Å²) in [7, 11) is 0. The maximum Gasteiger partial charge on any atom is 0.230 e.